The Hall–Kier alpha value is -1.21. The number of aliphatic hydroxyl groups is 2. The average Bonchev–Trinajstić information content (AvgIpc) is 2.86. The maximum atomic E-state index is 10.1. The molecule has 2 atom stereocenters. The first-order chi connectivity index (χ1) is 9.15. The molecule has 0 aliphatic rings. The molecule has 0 spiro atoms. The molecule has 0 aliphatic heterocycles. The van der Waals surface area contributed by atoms with Gasteiger partial charge in [-0.3, -0.25) is 0 Å². The van der Waals surface area contributed by atoms with Gasteiger partial charge in [0.2, 0.25) is 0 Å². The van der Waals surface area contributed by atoms with E-state index in [1.165, 1.54) is 11.3 Å². The number of rotatable bonds is 6. The Morgan fingerprint density at radius 2 is 2.21 bits per heavy atom. The van der Waals surface area contributed by atoms with Crippen LogP contribution in [-0.2, 0) is 0 Å². The van der Waals surface area contributed by atoms with Gasteiger partial charge in [-0.05, 0) is 38.2 Å². The lowest BCUT2D eigenvalue weighted by atomic mass is 10.1. The highest BCUT2D eigenvalue weighted by Gasteiger charge is 2.21. The molecule has 0 bridgehead atoms. The van der Waals surface area contributed by atoms with Gasteiger partial charge < -0.3 is 20.3 Å². The van der Waals surface area contributed by atoms with Crippen molar-refractivity contribution in [1.82, 2.24) is 10.3 Å². The van der Waals surface area contributed by atoms with Gasteiger partial charge in [-0.2, -0.15) is 0 Å². The number of aliphatic hydroxyl groups excluding tert-OH is 2. The summed E-state index contributed by atoms with van der Waals surface area (Å²) in [5.41, 5.74) is 0.806. The number of hydrogen-bond donors (Lipinski definition) is 3. The fraction of sp³-hybridized carbons (Fsp3) is 0.462. The van der Waals surface area contributed by atoms with E-state index in [2.05, 4.69) is 10.3 Å². The highest BCUT2D eigenvalue weighted by Crippen LogP contribution is 2.31. The van der Waals surface area contributed by atoms with Gasteiger partial charge in [0, 0.05) is 0 Å². The third-order valence-electron chi connectivity index (χ3n) is 2.92. The fourth-order valence-electron chi connectivity index (χ4n) is 1.79. The van der Waals surface area contributed by atoms with Crippen LogP contribution in [0.1, 0.15) is 17.5 Å². The van der Waals surface area contributed by atoms with Gasteiger partial charge in [0.05, 0.1) is 23.4 Å². The van der Waals surface area contributed by atoms with E-state index in [9.17, 15) is 10.2 Å². The molecule has 0 amide bonds. The third-order valence-corrected chi connectivity index (χ3v) is 4.01. The minimum Gasteiger partial charge on any atom is -0.497 e. The molecule has 2 rings (SSSR count). The lowest BCUT2D eigenvalue weighted by molar-refractivity contribution is 0.0140. The molecule has 2 unspecified atom stereocenters. The van der Waals surface area contributed by atoms with Crippen LogP contribution in [0.3, 0.4) is 0 Å². The quantitative estimate of drug-likeness (QED) is 0.745. The van der Waals surface area contributed by atoms with Crippen molar-refractivity contribution in [3.05, 3.63) is 23.2 Å². The van der Waals surface area contributed by atoms with Crippen LogP contribution in [0.2, 0.25) is 0 Å². The van der Waals surface area contributed by atoms with Crippen LogP contribution in [0.25, 0.3) is 10.2 Å². The number of nitrogens with one attached hydrogen (secondary N) is 1. The first-order valence-corrected chi connectivity index (χ1v) is 6.92. The second-order valence-corrected chi connectivity index (χ2v) is 5.35. The average molecular weight is 282 g/mol. The summed E-state index contributed by atoms with van der Waals surface area (Å²) in [5.74, 6) is 0.757. The van der Waals surface area contributed by atoms with Crippen LogP contribution in [0.15, 0.2) is 18.2 Å². The largest absolute Gasteiger partial charge is 0.497 e. The van der Waals surface area contributed by atoms with Gasteiger partial charge in [-0.1, -0.05) is 0 Å². The van der Waals surface area contributed by atoms with Crippen LogP contribution in [0.5, 0.6) is 5.75 Å². The summed E-state index contributed by atoms with van der Waals surface area (Å²) in [6.45, 7) is 0.650. The molecule has 0 saturated heterocycles. The summed E-state index contributed by atoms with van der Waals surface area (Å²) >= 11 is 1.38. The molecule has 6 heteroatoms. The minimum atomic E-state index is -0.947. The van der Waals surface area contributed by atoms with Crippen LogP contribution < -0.4 is 10.1 Å². The number of hydrogen-bond acceptors (Lipinski definition) is 6. The predicted octanol–water partition coefficient (Wildman–Crippen LogP) is 1.31. The van der Waals surface area contributed by atoms with E-state index in [-0.39, 0.29) is 0 Å². The van der Waals surface area contributed by atoms with Crippen LogP contribution >= 0.6 is 11.3 Å². The zero-order valence-corrected chi connectivity index (χ0v) is 11.8. The summed E-state index contributed by atoms with van der Waals surface area (Å²) in [6.07, 6.45) is -1.27. The van der Waals surface area contributed by atoms with Crippen LogP contribution in [-0.4, -0.2) is 42.0 Å². The van der Waals surface area contributed by atoms with Gasteiger partial charge in [0.1, 0.15) is 16.9 Å². The second kappa shape index (κ2) is 6.29. The van der Waals surface area contributed by atoms with Crippen molar-refractivity contribution in [2.75, 3.05) is 20.7 Å². The summed E-state index contributed by atoms with van der Waals surface area (Å²) in [5, 5.41) is 23.4. The maximum absolute atomic E-state index is 10.1. The standard InChI is InChI=1S/C13H18N2O3S/c1-14-6-5-10(16)12(17)13-15-9-4-3-8(18-2)7-11(9)19-13/h3-4,7,10,12,14,16-17H,5-6H2,1-2H3. The van der Waals surface area contributed by atoms with E-state index < -0.39 is 12.2 Å². The Morgan fingerprint density at radius 1 is 1.42 bits per heavy atom. The van der Waals surface area contributed by atoms with E-state index in [1.54, 1.807) is 7.11 Å². The summed E-state index contributed by atoms with van der Waals surface area (Å²) in [4.78, 5) is 4.35. The topological polar surface area (TPSA) is 74.6 Å². The Morgan fingerprint density at radius 3 is 2.89 bits per heavy atom. The lowest BCUT2D eigenvalue weighted by Gasteiger charge is -2.14. The van der Waals surface area contributed by atoms with E-state index in [1.807, 2.05) is 25.2 Å². The Kier molecular flexibility index (Phi) is 4.71. The molecule has 2 aromatic rings. The molecule has 0 radical (unpaired) electrons. The molecule has 3 N–H and O–H groups in total. The van der Waals surface area contributed by atoms with Crippen LogP contribution in [0.4, 0.5) is 0 Å². The van der Waals surface area contributed by atoms with Gasteiger partial charge in [0.15, 0.2) is 0 Å². The van der Waals surface area contributed by atoms with E-state index in [0.717, 1.165) is 16.0 Å². The van der Waals surface area contributed by atoms with Gasteiger partial charge in [-0.15, -0.1) is 11.3 Å². The molecule has 19 heavy (non-hydrogen) atoms. The first-order valence-electron chi connectivity index (χ1n) is 6.11. The SMILES string of the molecule is CNCCC(O)C(O)c1nc2ccc(OC)cc2s1. The van der Waals surface area contributed by atoms with Crippen LogP contribution in [0, 0.1) is 0 Å². The monoisotopic (exact) mass is 282 g/mol. The van der Waals surface area contributed by atoms with Crippen molar-refractivity contribution in [3.63, 3.8) is 0 Å². The summed E-state index contributed by atoms with van der Waals surface area (Å²) in [7, 11) is 3.42. The van der Waals surface area contributed by atoms with E-state index in [4.69, 9.17) is 4.74 Å². The number of thiazole rings is 1. The summed E-state index contributed by atoms with van der Waals surface area (Å²) in [6, 6.07) is 5.56. The van der Waals surface area contributed by atoms with Gasteiger partial charge >= 0.3 is 0 Å². The zero-order chi connectivity index (χ0) is 13.8. The number of aromatic nitrogens is 1. The molecule has 0 aliphatic carbocycles. The highest BCUT2D eigenvalue weighted by atomic mass is 32.1. The number of fused-ring (bicyclic) bond motifs is 1. The fourth-order valence-corrected chi connectivity index (χ4v) is 2.83. The molecular formula is C13H18N2O3S. The van der Waals surface area contributed by atoms with Crippen molar-refractivity contribution in [2.24, 2.45) is 0 Å². The Bertz CT molecular complexity index is 544. The van der Waals surface area contributed by atoms with Crippen molar-refractivity contribution < 1.29 is 14.9 Å². The summed E-state index contributed by atoms with van der Waals surface area (Å²) < 4.78 is 6.09. The first kappa shape index (κ1) is 14.2. The van der Waals surface area contributed by atoms with E-state index in [0.29, 0.717) is 18.0 Å². The van der Waals surface area contributed by atoms with Gasteiger partial charge in [-0.25, -0.2) is 4.98 Å². The molecule has 5 nitrogen and oxygen atoms in total. The number of nitrogens with zero attached hydrogens (tertiary/aromatic N) is 1. The zero-order valence-electron chi connectivity index (χ0n) is 11.0. The number of benzene rings is 1. The normalized spacial score (nSPS) is 14.5. The lowest BCUT2D eigenvalue weighted by Crippen LogP contribution is -2.23. The van der Waals surface area contributed by atoms with Crippen molar-refractivity contribution >= 4 is 21.6 Å². The Balaban J connectivity index is 2.20. The second-order valence-electron chi connectivity index (χ2n) is 4.29. The molecular weight excluding hydrogens is 264 g/mol. The molecule has 1 heterocycles. The molecule has 0 saturated carbocycles. The predicted molar refractivity (Wildman–Crippen MR) is 75.7 cm³/mol. The number of methoxy groups -OCH3 is 1. The van der Waals surface area contributed by atoms with Crippen molar-refractivity contribution in [3.8, 4) is 5.75 Å². The third kappa shape index (κ3) is 3.22. The molecule has 1 aromatic carbocycles. The smallest absolute Gasteiger partial charge is 0.131 e. The number of ether oxygens (including phenoxy) is 1. The Labute approximate surface area is 115 Å². The van der Waals surface area contributed by atoms with Crippen molar-refractivity contribution in [2.45, 2.75) is 18.6 Å². The molecule has 1 aromatic heterocycles. The minimum absolute atomic E-state index is 0.483. The maximum Gasteiger partial charge on any atom is 0.131 e. The van der Waals surface area contributed by atoms with E-state index >= 15 is 0 Å². The van der Waals surface area contributed by atoms with Gasteiger partial charge in [0.25, 0.3) is 0 Å². The highest BCUT2D eigenvalue weighted by molar-refractivity contribution is 7.18. The van der Waals surface area contributed by atoms with Crippen molar-refractivity contribution in [1.29, 1.82) is 0 Å². The molecule has 104 valence electrons. The molecule has 0 fully saturated rings.